The fraction of sp³-hybridized carbons (Fsp3) is 0.667. The molecule has 5 nitrogen and oxygen atoms in total. The van der Waals surface area contributed by atoms with E-state index in [0.29, 0.717) is 0 Å². The molecule has 0 radical (unpaired) electrons. The summed E-state index contributed by atoms with van der Waals surface area (Å²) < 4.78 is 61.9. The van der Waals surface area contributed by atoms with Gasteiger partial charge in [0.1, 0.15) is 5.76 Å². The summed E-state index contributed by atoms with van der Waals surface area (Å²) in [5, 5.41) is 8.76. The minimum Gasteiger partial charge on any atom is -0.478 e. The lowest BCUT2D eigenvalue weighted by Gasteiger charge is -2.14. The van der Waals surface area contributed by atoms with E-state index in [1.165, 1.54) is 6.92 Å². The largest absolute Gasteiger partial charge is 0.534 e. The molecule has 0 unspecified atom stereocenters. The molecule has 18 heavy (non-hydrogen) atoms. The van der Waals surface area contributed by atoms with Crippen LogP contribution in [0, 0.1) is 0 Å². The van der Waals surface area contributed by atoms with Crippen LogP contribution in [0.4, 0.5) is 13.2 Å². The van der Waals surface area contributed by atoms with Gasteiger partial charge < -0.3 is 9.29 Å². The van der Waals surface area contributed by atoms with E-state index in [-0.39, 0.29) is 19.3 Å². The Balaban J connectivity index is 5.50. The van der Waals surface area contributed by atoms with Gasteiger partial charge in [-0.15, -0.1) is 0 Å². The van der Waals surface area contributed by atoms with Gasteiger partial charge in [0, 0.05) is 6.42 Å². The lowest BCUT2D eigenvalue weighted by Crippen LogP contribution is -2.26. The van der Waals surface area contributed by atoms with E-state index in [2.05, 4.69) is 4.18 Å². The Kier molecular flexibility index (Phi) is 5.65. The summed E-state index contributed by atoms with van der Waals surface area (Å²) in [4.78, 5) is 10.8. The third-order valence-electron chi connectivity index (χ3n) is 1.92. The summed E-state index contributed by atoms with van der Waals surface area (Å²) in [5.41, 5.74) is -6.06. The molecular formula is C9H13F3O5S. The zero-order valence-corrected chi connectivity index (χ0v) is 10.6. The van der Waals surface area contributed by atoms with Crippen LogP contribution in [-0.2, 0) is 19.1 Å². The molecule has 0 aromatic heterocycles. The number of allylic oxidation sites excluding steroid dienone is 1. The number of hydrogen-bond acceptors (Lipinski definition) is 4. The Morgan fingerprint density at radius 1 is 1.28 bits per heavy atom. The van der Waals surface area contributed by atoms with Crippen molar-refractivity contribution in [3.05, 3.63) is 11.3 Å². The SMILES string of the molecule is CCC/C(OS(=O)(=O)C(F)(F)F)=C(\CC)C(=O)O. The Morgan fingerprint density at radius 2 is 1.78 bits per heavy atom. The Morgan fingerprint density at radius 3 is 2.06 bits per heavy atom. The van der Waals surface area contributed by atoms with Gasteiger partial charge in [0.2, 0.25) is 0 Å². The molecule has 0 heterocycles. The molecule has 0 saturated carbocycles. The number of alkyl halides is 3. The molecule has 0 spiro atoms. The maximum Gasteiger partial charge on any atom is 0.534 e. The van der Waals surface area contributed by atoms with Gasteiger partial charge in [0.05, 0.1) is 5.57 Å². The fourth-order valence-electron chi connectivity index (χ4n) is 1.12. The summed E-state index contributed by atoms with van der Waals surface area (Å²) in [7, 11) is -5.83. The van der Waals surface area contributed by atoms with Crippen LogP contribution >= 0.6 is 0 Å². The Bertz CT molecular complexity index is 436. The molecule has 9 heteroatoms. The van der Waals surface area contributed by atoms with Crippen molar-refractivity contribution in [3.63, 3.8) is 0 Å². The summed E-state index contributed by atoms with van der Waals surface area (Å²) in [6, 6.07) is 0. The Labute approximate surface area is 102 Å². The van der Waals surface area contributed by atoms with E-state index in [4.69, 9.17) is 5.11 Å². The van der Waals surface area contributed by atoms with Crippen LogP contribution < -0.4 is 0 Å². The molecule has 0 amide bonds. The molecule has 1 N–H and O–H groups in total. The highest BCUT2D eigenvalue weighted by Gasteiger charge is 2.49. The molecule has 0 rings (SSSR count). The maximum absolute atomic E-state index is 12.1. The van der Waals surface area contributed by atoms with Crippen molar-refractivity contribution in [1.82, 2.24) is 0 Å². The molecule has 0 bridgehead atoms. The van der Waals surface area contributed by atoms with Crippen molar-refractivity contribution in [2.45, 2.75) is 38.6 Å². The maximum atomic E-state index is 12.1. The third-order valence-corrected chi connectivity index (χ3v) is 2.91. The van der Waals surface area contributed by atoms with Crippen LogP contribution in [0.1, 0.15) is 33.1 Å². The van der Waals surface area contributed by atoms with E-state index in [1.807, 2.05) is 0 Å². The number of hydrogen-bond donors (Lipinski definition) is 1. The molecular weight excluding hydrogens is 277 g/mol. The zero-order valence-electron chi connectivity index (χ0n) is 9.74. The van der Waals surface area contributed by atoms with Gasteiger partial charge in [-0.05, 0) is 12.8 Å². The highest BCUT2D eigenvalue weighted by Crippen LogP contribution is 2.29. The van der Waals surface area contributed by atoms with Crippen molar-refractivity contribution in [2.75, 3.05) is 0 Å². The van der Waals surface area contributed by atoms with Crippen molar-refractivity contribution in [1.29, 1.82) is 0 Å². The quantitative estimate of drug-likeness (QED) is 0.351. The number of carboxylic acid groups (broad SMARTS) is 1. The molecule has 0 aromatic rings. The summed E-state index contributed by atoms with van der Waals surface area (Å²) in [5.74, 6) is -2.18. The number of rotatable bonds is 6. The number of carbonyl (C=O) groups is 1. The third kappa shape index (κ3) is 4.21. The minimum atomic E-state index is -5.83. The van der Waals surface area contributed by atoms with Crippen molar-refractivity contribution >= 4 is 16.1 Å². The summed E-state index contributed by atoms with van der Waals surface area (Å²) >= 11 is 0. The van der Waals surface area contributed by atoms with Crippen molar-refractivity contribution in [3.8, 4) is 0 Å². The van der Waals surface area contributed by atoms with Gasteiger partial charge in [0.25, 0.3) is 0 Å². The van der Waals surface area contributed by atoms with E-state index in [1.54, 1.807) is 6.92 Å². The van der Waals surface area contributed by atoms with E-state index < -0.39 is 32.9 Å². The molecule has 0 saturated heterocycles. The van der Waals surface area contributed by atoms with Crippen LogP contribution in [0.15, 0.2) is 11.3 Å². The lowest BCUT2D eigenvalue weighted by atomic mass is 10.1. The molecule has 0 aliphatic rings. The van der Waals surface area contributed by atoms with E-state index in [9.17, 15) is 26.4 Å². The number of carboxylic acids is 1. The molecule has 0 aliphatic heterocycles. The molecule has 0 atom stereocenters. The first-order valence-corrected chi connectivity index (χ1v) is 6.43. The second-order valence-corrected chi connectivity index (χ2v) is 4.83. The van der Waals surface area contributed by atoms with Gasteiger partial charge in [-0.25, -0.2) is 4.79 Å². The first-order chi connectivity index (χ1) is 8.06. The van der Waals surface area contributed by atoms with Crippen molar-refractivity contribution < 1.29 is 35.7 Å². The minimum absolute atomic E-state index is 0.141. The predicted octanol–water partition coefficient (Wildman–Crippen LogP) is 2.40. The van der Waals surface area contributed by atoms with Crippen LogP contribution in [-0.4, -0.2) is 25.0 Å². The molecule has 106 valence electrons. The van der Waals surface area contributed by atoms with Crippen molar-refractivity contribution in [2.24, 2.45) is 0 Å². The lowest BCUT2D eigenvalue weighted by molar-refractivity contribution is -0.133. The predicted molar refractivity (Wildman–Crippen MR) is 55.9 cm³/mol. The zero-order chi connectivity index (χ0) is 14.6. The summed E-state index contributed by atoms with van der Waals surface area (Å²) in [6.07, 6.45) is -0.0949. The molecule has 0 aliphatic carbocycles. The highest BCUT2D eigenvalue weighted by molar-refractivity contribution is 7.87. The second-order valence-electron chi connectivity index (χ2n) is 3.29. The van der Waals surface area contributed by atoms with E-state index >= 15 is 0 Å². The van der Waals surface area contributed by atoms with Gasteiger partial charge in [-0.2, -0.15) is 21.6 Å². The van der Waals surface area contributed by atoms with Crippen LogP contribution in [0.25, 0.3) is 0 Å². The van der Waals surface area contributed by atoms with Crippen LogP contribution in [0.3, 0.4) is 0 Å². The first kappa shape index (κ1) is 16.8. The van der Waals surface area contributed by atoms with Crippen LogP contribution in [0.2, 0.25) is 0 Å². The molecule has 0 aromatic carbocycles. The highest BCUT2D eigenvalue weighted by atomic mass is 32.2. The van der Waals surface area contributed by atoms with Gasteiger partial charge in [-0.1, -0.05) is 13.8 Å². The smallest absolute Gasteiger partial charge is 0.478 e. The number of aliphatic carboxylic acids is 1. The average molecular weight is 290 g/mol. The second kappa shape index (κ2) is 6.07. The van der Waals surface area contributed by atoms with Gasteiger partial charge >= 0.3 is 21.6 Å². The first-order valence-electron chi connectivity index (χ1n) is 5.02. The van der Waals surface area contributed by atoms with Crippen LogP contribution in [0.5, 0.6) is 0 Å². The number of halogens is 3. The van der Waals surface area contributed by atoms with Gasteiger partial charge in [-0.3, -0.25) is 0 Å². The monoisotopic (exact) mass is 290 g/mol. The normalized spacial score (nSPS) is 14.1. The van der Waals surface area contributed by atoms with E-state index in [0.717, 1.165) is 0 Å². The fourth-order valence-corrected chi connectivity index (χ4v) is 1.66. The Hall–Kier alpha value is -1.25. The summed E-state index contributed by atoms with van der Waals surface area (Å²) in [6.45, 7) is 2.93. The average Bonchev–Trinajstić information content (AvgIpc) is 2.15. The topological polar surface area (TPSA) is 80.7 Å². The van der Waals surface area contributed by atoms with Gasteiger partial charge in [0.15, 0.2) is 0 Å². The standard InChI is InChI=1S/C9H13F3O5S/c1-3-5-7(6(4-2)8(13)14)17-18(15,16)9(10,11)12/h3-5H2,1-2H3,(H,13,14)/b7-6-. The molecule has 0 fully saturated rings.